The predicted octanol–water partition coefficient (Wildman–Crippen LogP) is 1.59. The highest BCUT2D eigenvalue weighted by atomic mass is 32.2. The van der Waals surface area contributed by atoms with E-state index in [0.717, 1.165) is 18.5 Å². The topological polar surface area (TPSA) is 73.7 Å². The molecule has 23 heavy (non-hydrogen) atoms. The minimum absolute atomic E-state index is 0.0240. The molecule has 0 aromatic carbocycles. The van der Waals surface area contributed by atoms with Gasteiger partial charge in [-0.3, -0.25) is 14.3 Å². The van der Waals surface area contributed by atoms with Crippen LogP contribution < -0.4 is 0 Å². The molecule has 2 bridgehead atoms. The van der Waals surface area contributed by atoms with Gasteiger partial charge in [0.15, 0.2) is 0 Å². The van der Waals surface area contributed by atoms with Crippen LogP contribution in [0, 0.1) is 5.92 Å². The SMILES string of the molecule is C=C[C@H]1CN(Cc2ccccn2)C(=O)C2CCCC1N2S(=O)O. The highest BCUT2D eigenvalue weighted by molar-refractivity contribution is 7.76. The maximum Gasteiger partial charge on any atom is 0.241 e. The first kappa shape index (κ1) is 16.3. The molecule has 1 amide bonds. The summed E-state index contributed by atoms with van der Waals surface area (Å²) in [6.07, 6.45) is 5.82. The highest BCUT2D eigenvalue weighted by Crippen LogP contribution is 2.34. The molecule has 2 fully saturated rings. The Bertz CT molecular complexity index is 610. The van der Waals surface area contributed by atoms with E-state index in [9.17, 15) is 13.6 Å². The number of amides is 1. The van der Waals surface area contributed by atoms with Crippen LogP contribution in [-0.2, 0) is 22.6 Å². The van der Waals surface area contributed by atoms with Gasteiger partial charge >= 0.3 is 0 Å². The second kappa shape index (κ2) is 6.90. The molecule has 0 radical (unpaired) electrons. The quantitative estimate of drug-likeness (QED) is 0.670. The summed E-state index contributed by atoms with van der Waals surface area (Å²) < 4.78 is 23.0. The van der Waals surface area contributed by atoms with Gasteiger partial charge in [0.25, 0.3) is 0 Å². The summed E-state index contributed by atoms with van der Waals surface area (Å²) in [5, 5.41) is 0. The van der Waals surface area contributed by atoms with E-state index in [1.54, 1.807) is 17.2 Å². The van der Waals surface area contributed by atoms with Gasteiger partial charge in [-0.2, -0.15) is 4.31 Å². The lowest BCUT2D eigenvalue weighted by atomic mass is 9.90. The van der Waals surface area contributed by atoms with E-state index in [4.69, 9.17) is 0 Å². The van der Waals surface area contributed by atoms with Crippen molar-refractivity contribution in [3.05, 3.63) is 42.7 Å². The fourth-order valence-corrected chi connectivity index (χ4v) is 4.51. The molecule has 1 N–H and O–H groups in total. The molecule has 2 aliphatic rings. The highest BCUT2D eigenvalue weighted by Gasteiger charge is 2.46. The largest absolute Gasteiger partial charge is 0.335 e. The van der Waals surface area contributed by atoms with Crippen molar-refractivity contribution in [3.63, 3.8) is 0 Å². The third-order valence-electron chi connectivity index (χ3n) is 4.70. The van der Waals surface area contributed by atoms with Gasteiger partial charge in [0.1, 0.15) is 6.04 Å². The van der Waals surface area contributed by atoms with Crippen molar-refractivity contribution in [2.45, 2.75) is 37.9 Å². The first-order chi connectivity index (χ1) is 11.1. The van der Waals surface area contributed by atoms with Crippen LogP contribution in [0.25, 0.3) is 0 Å². The maximum atomic E-state index is 12.9. The van der Waals surface area contributed by atoms with Gasteiger partial charge < -0.3 is 4.90 Å². The molecule has 0 aliphatic carbocycles. The second-order valence-electron chi connectivity index (χ2n) is 6.04. The summed E-state index contributed by atoms with van der Waals surface area (Å²) in [6.45, 7) is 4.80. The maximum absolute atomic E-state index is 12.9. The molecule has 3 rings (SSSR count). The number of pyridine rings is 1. The average Bonchev–Trinajstić information content (AvgIpc) is 2.63. The van der Waals surface area contributed by atoms with Crippen LogP contribution in [0.15, 0.2) is 37.1 Å². The fraction of sp³-hybridized carbons (Fsp3) is 0.500. The summed E-state index contributed by atoms with van der Waals surface area (Å²) >= 11 is -2.15. The zero-order valence-electron chi connectivity index (χ0n) is 12.9. The van der Waals surface area contributed by atoms with Gasteiger partial charge in [0, 0.05) is 24.7 Å². The number of rotatable bonds is 4. The molecule has 1 aromatic heterocycles. The third-order valence-corrected chi connectivity index (χ3v) is 5.58. The monoisotopic (exact) mass is 335 g/mol. The summed E-state index contributed by atoms with van der Waals surface area (Å²) in [4.78, 5) is 19.0. The first-order valence-corrected chi connectivity index (χ1v) is 8.88. The van der Waals surface area contributed by atoms with Crippen molar-refractivity contribution >= 4 is 17.2 Å². The van der Waals surface area contributed by atoms with Crippen LogP contribution in [0.2, 0.25) is 0 Å². The normalized spacial score (nSPS) is 29.9. The number of piperidine rings is 1. The lowest BCUT2D eigenvalue weighted by molar-refractivity contribution is -0.135. The Hall–Kier alpha value is -1.57. The van der Waals surface area contributed by atoms with E-state index >= 15 is 0 Å². The molecular formula is C16H21N3O3S. The average molecular weight is 335 g/mol. The molecule has 0 spiro atoms. The molecule has 7 heteroatoms. The van der Waals surface area contributed by atoms with Crippen molar-refractivity contribution in [2.75, 3.05) is 6.54 Å². The minimum atomic E-state index is -2.15. The molecule has 1 aromatic rings. The summed E-state index contributed by atoms with van der Waals surface area (Å²) in [7, 11) is 0. The van der Waals surface area contributed by atoms with Crippen molar-refractivity contribution in [2.24, 2.45) is 5.92 Å². The molecule has 0 saturated carbocycles. The van der Waals surface area contributed by atoms with Crippen LogP contribution in [0.1, 0.15) is 25.0 Å². The summed E-state index contributed by atoms with van der Waals surface area (Å²) in [5.74, 6) is -0.115. The molecule has 3 unspecified atom stereocenters. The summed E-state index contributed by atoms with van der Waals surface area (Å²) in [6, 6.07) is 4.96. The third kappa shape index (κ3) is 3.22. The number of fused-ring (bicyclic) bond motifs is 2. The van der Waals surface area contributed by atoms with E-state index < -0.39 is 17.3 Å². The van der Waals surface area contributed by atoms with Crippen molar-refractivity contribution in [3.8, 4) is 0 Å². The number of nitrogens with zero attached hydrogens (tertiary/aromatic N) is 3. The Morgan fingerprint density at radius 2 is 2.26 bits per heavy atom. The molecule has 2 aliphatic heterocycles. The van der Waals surface area contributed by atoms with Crippen LogP contribution >= 0.6 is 0 Å². The second-order valence-corrected chi connectivity index (χ2v) is 6.93. The standard InChI is InChI=1S/C16H21N3O3S/c1-2-12-10-18(11-13-6-3-4-9-17-13)16(20)15-8-5-7-14(12)19(15)23(21)22/h2-4,6,9,12,14-15H,1,5,7-8,10-11H2,(H,21,22)/t12-,14?,15?/m0/s1. The van der Waals surface area contributed by atoms with Gasteiger partial charge in [-0.25, -0.2) is 4.21 Å². The molecule has 3 heterocycles. The minimum Gasteiger partial charge on any atom is -0.335 e. The van der Waals surface area contributed by atoms with Crippen LogP contribution in [0.5, 0.6) is 0 Å². The van der Waals surface area contributed by atoms with E-state index in [1.165, 1.54) is 4.31 Å². The lowest BCUT2D eigenvalue weighted by Crippen LogP contribution is -2.52. The van der Waals surface area contributed by atoms with Gasteiger partial charge in [-0.15, -0.1) is 6.58 Å². The molecule has 4 atom stereocenters. The molecule has 6 nitrogen and oxygen atoms in total. The Morgan fingerprint density at radius 3 is 2.91 bits per heavy atom. The van der Waals surface area contributed by atoms with Crippen molar-refractivity contribution in [1.29, 1.82) is 0 Å². The Labute approximate surface area is 138 Å². The number of hydrogen-bond acceptors (Lipinski definition) is 3. The molecular weight excluding hydrogens is 314 g/mol. The van der Waals surface area contributed by atoms with Gasteiger partial charge in [0.05, 0.1) is 12.2 Å². The number of carbonyl (C=O) groups excluding carboxylic acids is 1. The first-order valence-electron chi connectivity index (χ1n) is 7.82. The van der Waals surface area contributed by atoms with Crippen LogP contribution in [-0.4, -0.2) is 47.5 Å². The Kier molecular flexibility index (Phi) is 4.89. The summed E-state index contributed by atoms with van der Waals surface area (Å²) in [5.41, 5.74) is 0.816. The van der Waals surface area contributed by atoms with E-state index in [1.807, 2.05) is 18.2 Å². The van der Waals surface area contributed by atoms with Crippen molar-refractivity contribution < 1.29 is 13.6 Å². The van der Waals surface area contributed by atoms with Gasteiger partial charge in [0.2, 0.25) is 17.2 Å². The smallest absolute Gasteiger partial charge is 0.241 e. The molecule has 2 saturated heterocycles. The van der Waals surface area contributed by atoms with Gasteiger partial charge in [-0.1, -0.05) is 12.1 Å². The van der Waals surface area contributed by atoms with E-state index in [2.05, 4.69) is 11.6 Å². The Balaban J connectivity index is 1.92. The lowest BCUT2D eigenvalue weighted by Gasteiger charge is -2.37. The number of hydrogen-bond donors (Lipinski definition) is 1. The van der Waals surface area contributed by atoms with Crippen molar-refractivity contribution in [1.82, 2.24) is 14.2 Å². The van der Waals surface area contributed by atoms with E-state index in [-0.39, 0.29) is 17.9 Å². The van der Waals surface area contributed by atoms with Crippen LogP contribution in [0.4, 0.5) is 0 Å². The zero-order chi connectivity index (χ0) is 16.4. The van der Waals surface area contributed by atoms with Crippen LogP contribution in [0.3, 0.4) is 0 Å². The predicted molar refractivity (Wildman–Crippen MR) is 87.4 cm³/mol. The van der Waals surface area contributed by atoms with Gasteiger partial charge in [-0.05, 0) is 31.4 Å². The molecule has 124 valence electrons. The fourth-order valence-electron chi connectivity index (χ4n) is 3.60. The zero-order valence-corrected chi connectivity index (χ0v) is 13.7. The van der Waals surface area contributed by atoms with E-state index in [0.29, 0.717) is 19.5 Å². The number of aromatic nitrogens is 1. The number of carbonyl (C=O) groups is 1. The Morgan fingerprint density at radius 1 is 1.43 bits per heavy atom.